The number of nitrogens with one attached hydrogen (secondary N) is 2. The van der Waals surface area contributed by atoms with Gasteiger partial charge in [-0.15, -0.1) is 0 Å². The van der Waals surface area contributed by atoms with E-state index in [0.29, 0.717) is 11.2 Å². The highest BCUT2D eigenvalue weighted by Crippen LogP contribution is 2.22. The minimum absolute atomic E-state index is 0.388. The van der Waals surface area contributed by atoms with Gasteiger partial charge in [-0.05, 0) is 66.9 Å². The van der Waals surface area contributed by atoms with E-state index in [1.165, 1.54) is 16.7 Å². The monoisotopic (exact) mass is 360 g/mol. The van der Waals surface area contributed by atoms with Crippen LogP contribution in [-0.4, -0.2) is 11.2 Å². The molecule has 0 amide bonds. The third-order valence-corrected chi connectivity index (χ3v) is 4.91. The Morgan fingerprint density at radius 3 is 2.43 bits per heavy atom. The predicted octanol–water partition coefficient (Wildman–Crippen LogP) is 4.21. The summed E-state index contributed by atoms with van der Waals surface area (Å²) in [7, 11) is 0. The largest absolute Gasteiger partial charge is 0.359 e. The number of fused-ring (bicyclic) bond motifs is 1. The molecule has 3 rings (SSSR count). The van der Waals surface area contributed by atoms with Crippen molar-refractivity contribution >= 4 is 38.9 Å². The van der Waals surface area contributed by atoms with Crippen LogP contribution in [0.15, 0.2) is 46.9 Å². The molecule has 2 nitrogen and oxygen atoms in total. The van der Waals surface area contributed by atoms with Crippen LogP contribution >= 0.6 is 28.1 Å². The summed E-state index contributed by atoms with van der Waals surface area (Å²) in [5.74, 6) is 0. The van der Waals surface area contributed by atoms with Crippen LogP contribution in [0.5, 0.6) is 0 Å². The van der Waals surface area contributed by atoms with Crippen molar-refractivity contribution in [1.82, 2.24) is 5.32 Å². The molecule has 0 aromatic heterocycles. The van der Waals surface area contributed by atoms with Crippen LogP contribution in [-0.2, 0) is 12.8 Å². The zero-order valence-electron chi connectivity index (χ0n) is 11.8. The molecule has 0 radical (unpaired) electrons. The first-order chi connectivity index (χ1) is 10.1. The van der Waals surface area contributed by atoms with E-state index in [0.717, 1.165) is 23.0 Å². The molecule has 2 aromatic carbocycles. The van der Waals surface area contributed by atoms with Gasteiger partial charge in [0, 0.05) is 16.2 Å². The molecule has 0 unspecified atom stereocenters. The minimum Gasteiger partial charge on any atom is -0.359 e. The Bertz CT molecular complexity index is 659. The fourth-order valence-corrected chi connectivity index (χ4v) is 3.27. The lowest BCUT2D eigenvalue weighted by Gasteiger charge is -2.16. The molecule has 108 valence electrons. The fourth-order valence-electron chi connectivity index (χ4n) is 2.74. The lowest BCUT2D eigenvalue weighted by atomic mass is 10.1. The van der Waals surface area contributed by atoms with Crippen LogP contribution in [0.2, 0.25) is 0 Å². The molecule has 4 heteroatoms. The molecule has 1 aliphatic carbocycles. The topological polar surface area (TPSA) is 24.1 Å². The average molecular weight is 361 g/mol. The highest BCUT2D eigenvalue weighted by molar-refractivity contribution is 9.10. The van der Waals surface area contributed by atoms with Crippen molar-refractivity contribution < 1.29 is 0 Å². The molecule has 0 heterocycles. The summed E-state index contributed by atoms with van der Waals surface area (Å²) >= 11 is 8.93. The van der Waals surface area contributed by atoms with Gasteiger partial charge in [0.15, 0.2) is 5.11 Å². The third kappa shape index (κ3) is 3.44. The second kappa shape index (κ2) is 6.16. The van der Waals surface area contributed by atoms with Crippen molar-refractivity contribution in [1.29, 1.82) is 0 Å². The summed E-state index contributed by atoms with van der Waals surface area (Å²) in [6.07, 6.45) is 2.08. The Morgan fingerprint density at radius 1 is 1.14 bits per heavy atom. The van der Waals surface area contributed by atoms with Crippen LogP contribution in [0.4, 0.5) is 5.69 Å². The highest BCUT2D eigenvalue weighted by Gasteiger charge is 2.21. The zero-order chi connectivity index (χ0) is 14.8. The number of anilines is 1. The summed E-state index contributed by atoms with van der Waals surface area (Å²) in [6, 6.07) is 15.1. The van der Waals surface area contributed by atoms with Crippen molar-refractivity contribution in [2.24, 2.45) is 0 Å². The van der Waals surface area contributed by atoms with Crippen LogP contribution in [0.3, 0.4) is 0 Å². The van der Waals surface area contributed by atoms with E-state index < -0.39 is 0 Å². The van der Waals surface area contributed by atoms with Gasteiger partial charge < -0.3 is 10.6 Å². The second-order valence-electron chi connectivity index (χ2n) is 5.44. The van der Waals surface area contributed by atoms with Crippen LogP contribution < -0.4 is 10.6 Å². The predicted molar refractivity (Wildman–Crippen MR) is 95.9 cm³/mol. The van der Waals surface area contributed by atoms with Crippen molar-refractivity contribution in [2.45, 2.75) is 25.8 Å². The molecule has 2 aromatic rings. The molecule has 0 atom stereocenters. The molecule has 2 N–H and O–H groups in total. The van der Waals surface area contributed by atoms with E-state index in [1.54, 1.807) is 0 Å². The second-order valence-corrected chi connectivity index (χ2v) is 6.70. The minimum atomic E-state index is 0.388. The number of aryl methyl sites for hydroxylation is 1. The Morgan fingerprint density at radius 2 is 1.81 bits per heavy atom. The standard InChI is InChI=1S/C17H17BrN2S/c1-11-8-14(6-7-16(11)18)19-17(21)20-15-9-12-4-2-3-5-13(12)10-15/h2-8,15H,9-10H2,1H3,(H2,19,20,21). The molecule has 0 bridgehead atoms. The number of hydrogen-bond donors (Lipinski definition) is 2. The molecule has 0 aliphatic heterocycles. The average Bonchev–Trinajstić information content (AvgIpc) is 2.84. The molecule has 0 fully saturated rings. The first-order valence-electron chi connectivity index (χ1n) is 7.02. The van der Waals surface area contributed by atoms with Crippen LogP contribution in [0.1, 0.15) is 16.7 Å². The van der Waals surface area contributed by atoms with Gasteiger partial charge >= 0.3 is 0 Å². The molecule has 0 saturated heterocycles. The number of benzene rings is 2. The van der Waals surface area contributed by atoms with Crippen molar-refractivity contribution in [3.63, 3.8) is 0 Å². The fraction of sp³-hybridized carbons (Fsp3) is 0.235. The first kappa shape index (κ1) is 14.5. The molecular weight excluding hydrogens is 344 g/mol. The van der Waals surface area contributed by atoms with Crippen molar-refractivity contribution in [2.75, 3.05) is 5.32 Å². The van der Waals surface area contributed by atoms with Gasteiger partial charge in [0.05, 0.1) is 0 Å². The van der Waals surface area contributed by atoms with E-state index in [9.17, 15) is 0 Å². The number of thiocarbonyl (C=S) groups is 1. The van der Waals surface area contributed by atoms with Crippen LogP contribution in [0.25, 0.3) is 0 Å². The summed E-state index contributed by atoms with van der Waals surface area (Å²) in [4.78, 5) is 0. The maximum absolute atomic E-state index is 5.43. The maximum Gasteiger partial charge on any atom is 0.171 e. The summed E-state index contributed by atoms with van der Waals surface area (Å²) in [5.41, 5.74) is 5.06. The molecule has 0 spiro atoms. The number of halogens is 1. The van der Waals surface area contributed by atoms with E-state index in [1.807, 2.05) is 12.1 Å². The normalized spacial score (nSPS) is 13.8. The van der Waals surface area contributed by atoms with Gasteiger partial charge in [-0.2, -0.15) is 0 Å². The van der Waals surface area contributed by atoms with E-state index in [2.05, 4.69) is 63.8 Å². The number of hydrogen-bond acceptors (Lipinski definition) is 1. The van der Waals surface area contributed by atoms with Gasteiger partial charge in [-0.3, -0.25) is 0 Å². The third-order valence-electron chi connectivity index (χ3n) is 3.80. The van der Waals surface area contributed by atoms with Crippen LogP contribution in [0, 0.1) is 6.92 Å². The van der Waals surface area contributed by atoms with Crippen molar-refractivity contribution in [3.8, 4) is 0 Å². The first-order valence-corrected chi connectivity index (χ1v) is 8.22. The maximum atomic E-state index is 5.43. The summed E-state index contributed by atoms with van der Waals surface area (Å²) in [6.45, 7) is 2.07. The highest BCUT2D eigenvalue weighted by atomic mass is 79.9. The molecule has 0 saturated carbocycles. The van der Waals surface area contributed by atoms with Gasteiger partial charge in [0.1, 0.15) is 0 Å². The lowest BCUT2D eigenvalue weighted by molar-refractivity contribution is 0.648. The SMILES string of the molecule is Cc1cc(NC(=S)NC2Cc3ccccc3C2)ccc1Br. The van der Waals surface area contributed by atoms with Gasteiger partial charge in [0.25, 0.3) is 0 Å². The van der Waals surface area contributed by atoms with E-state index >= 15 is 0 Å². The Kier molecular flexibility index (Phi) is 4.27. The summed E-state index contributed by atoms with van der Waals surface area (Å²) in [5, 5.41) is 7.37. The Hall–Kier alpha value is -1.39. The van der Waals surface area contributed by atoms with E-state index in [4.69, 9.17) is 12.2 Å². The Labute approximate surface area is 139 Å². The lowest BCUT2D eigenvalue weighted by Crippen LogP contribution is -2.38. The van der Waals surface area contributed by atoms with E-state index in [-0.39, 0.29) is 0 Å². The zero-order valence-corrected chi connectivity index (χ0v) is 14.2. The molecule has 21 heavy (non-hydrogen) atoms. The number of rotatable bonds is 2. The quantitative estimate of drug-likeness (QED) is 0.784. The molecular formula is C17H17BrN2S. The van der Waals surface area contributed by atoms with Gasteiger partial charge in [-0.25, -0.2) is 0 Å². The molecule has 1 aliphatic rings. The summed E-state index contributed by atoms with van der Waals surface area (Å²) < 4.78 is 1.11. The van der Waals surface area contributed by atoms with Gasteiger partial charge in [-0.1, -0.05) is 40.2 Å². The Balaban J connectivity index is 1.59. The van der Waals surface area contributed by atoms with Crippen molar-refractivity contribution in [3.05, 3.63) is 63.6 Å². The smallest absolute Gasteiger partial charge is 0.171 e. The van der Waals surface area contributed by atoms with Gasteiger partial charge in [0.2, 0.25) is 0 Å².